The number of pyridine rings is 1. The van der Waals surface area contributed by atoms with Gasteiger partial charge in [0, 0.05) is 16.7 Å². The first-order valence-corrected chi connectivity index (χ1v) is 5.75. The lowest BCUT2D eigenvalue weighted by Gasteiger charge is -1.95. The van der Waals surface area contributed by atoms with E-state index in [4.69, 9.17) is 23.2 Å². The smallest absolute Gasteiger partial charge is 0.138 e. The average molecular weight is 264 g/mol. The minimum Gasteiger partial charge on any atom is -0.338 e. The Balaban J connectivity index is 2.14. The first kappa shape index (κ1) is 10.6. The molecule has 3 rings (SSSR count). The van der Waals surface area contributed by atoms with Crippen LogP contribution in [0.2, 0.25) is 10.2 Å². The lowest BCUT2D eigenvalue weighted by molar-refractivity contribution is 1.33. The van der Waals surface area contributed by atoms with E-state index in [2.05, 4.69) is 15.0 Å². The highest BCUT2D eigenvalue weighted by Crippen LogP contribution is 2.22. The number of nitrogens with zero attached hydrogens (tertiary/aromatic N) is 2. The second-order valence-corrected chi connectivity index (χ2v) is 4.44. The van der Waals surface area contributed by atoms with E-state index in [0.717, 1.165) is 22.4 Å². The van der Waals surface area contributed by atoms with Crippen LogP contribution >= 0.6 is 23.2 Å². The van der Waals surface area contributed by atoms with Crippen LogP contribution in [-0.2, 0) is 0 Å². The number of H-pyrrole nitrogens is 1. The standard InChI is InChI=1S/C12H7Cl2N3/c13-8-3-1-7(2-4-8)12-16-9-5-11(14)15-6-10(9)17-12/h1-6H,(H,16,17). The zero-order valence-electron chi connectivity index (χ0n) is 8.61. The number of rotatable bonds is 1. The second kappa shape index (κ2) is 4.02. The quantitative estimate of drug-likeness (QED) is 0.676. The number of aromatic nitrogens is 3. The summed E-state index contributed by atoms with van der Waals surface area (Å²) in [7, 11) is 0. The summed E-state index contributed by atoms with van der Waals surface area (Å²) in [5, 5.41) is 1.15. The van der Waals surface area contributed by atoms with Crippen LogP contribution in [0, 0.1) is 0 Å². The Kier molecular flexibility index (Phi) is 2.50. The van der Waals surface area contributed by atoms with Crippen LogP contribution in [-0.4, -0.2) is 15.0 Å². The zero-order chi connectivity index (χ0) is 11.8. The highest BCUT2D eigenvalue weighted by molar-refractivity contribution is 6.30. The fourth-order valence-corrected chi connectivity index (χ4v) is 1.92. The van der Waals surface area contributed by atoms with Gasteiger partial charge in [0.1, 0.15) is 16.5 Å². The molecule has 0 amide bonds. The van der Waals surface area contributed by atoms with E-state index in [1.54, 1.807) is 12.3 Å². The zero-order valence-corrected chi connectivity index (χ0v) is 10.1. The molecule has 0 aliphatic heterocycles. The molecule has 2 heterocycles. The molecule has 84 valence electrons. The number of fused-ring (bicyclic) bond motifs is 1. The number of halogens is 2. The van der Waals surface area contributed by atoms with Gasteiger partial charge >= 0.3 is 0 Å². The SMILES string of the molecule is Clc1ccc(-c2nc3cnc(Cl)cc3[nH]2)cc1. The van der Waals surface area contributed by atoms with Crippen LogP contribution in [0.5, 0.6) is 0 Å². The largest absolute Gasteiger partial charge is 0.338 e. The molecule has 3 aromatic rings. The van der Waals surface area contributed by atoms with Crippen molar-refractivity contribution in [2.24, 2.45) is 0 Å². The summed E-state index contributed by atoms with van der Waals surface area (Å²) in [5.41, 5.74) is 2.64. The van der Waals surface area contributed by atoms with E-state index in [-0.39, 0.29) is 0 Å². The lowest BCUT2D eigenvalue weighted by Crippen LogP contribution is -1.78. The summed E-state index contributed by atoms with van der Waals surface area (Å²) in [6.07, 6.45) is 1.65. The van der Waals surface area contributed by atoms with Gasteiger partial charge in [-0.05, 0) is 24.3 Å². The normalized spacial score (nSPS) is 10.9. The minimum absolute atomic E-state index is 0.448. The molecule has 0 aliphatic rings. The maximum Gasteiger partial charge on any atom is 0.138 e. The molecule has 0 bridgehead atoms. The van der Waals surface area contributed by atoms with Crippen molar-refractivity contribution in [3.8, 4) is 11.4 Å². The van der Waals surface area contributed by atoms with Gasteiger partial charge < -0.3 is 4.98 Å². The van der Waals surface area contributed by atoms with Gasteiger partial charge in [0.15, 0.2) is 0 Å². The third kappa shape index (κ3) is 1.99. The Bertz CT molecular complexity index is 674. The van der Waals surface area contributed by atoms with E-state index in [1.807, 2.05) is 24.3 Å². The van der Waals surface area contributed by atoms with Gasteiger partial charge in [0.05, 0.1) is 11.7 Å². The maximum atomic E-state index is 5.84. The highest BCUT2D eigenvalue weighted by atomic mass is 35.5. The summed E-state index contributed by atoms with van der Waals surface area (Å²) in [5.74, 6) is 0.778. The van der Waals surface area contributed by atoms with Crippen LogP contribution in [0.15, 0.2) is 36.5 Å². The number of hydrogen-bond donors (Lipinski definition) is 1. The fourth-order valence-electron chi connectivity index (χ4n) is 1.63. The number of hydrogen-bond acceptors (Lipinski definition) is 2. The topological polar surface area (TPSA) is 41.6 Å². The predicted octanol–water partition coefficient (Wildman–Crippen LogP) is 3.93. The summed E-state index contributed by atoms with van der Waals surface area (Å²) in [6.45, 7) is 0. The Hall–Kier alpha value is -1.58. The van der Waals surface area contributed by atoms with Gasteiger partial charge in [-0.3, -0.25) is 0 Å². The first-order valence-electron chi connectivity index (χ1n) is 4.99. The van der Waals surface area contributed by atoms with Gasteiger partial charge in [-0.25, -0.2) is 9.97 Å². The van der Waals surface area contributed by atoms with Gasteiger partial charge in [0.2, 0.25) is 0 Å². The van der Waals surface area contributed by atoms with Crippen LogP contribution < -0.4 is 0 Å². The van der Waals surface area contributed by atoms with Crippen molar-refractivity contribution >= 4 is 34.2 Å². The lowest BCUT2D eigenvalue weighted by atomic mass is 10.2. The van der Waals surface area contributed by atoms with Gasteiger partial charge in [0.25, 0.3) is 0 Å². The van der Waals surface area contributed by atoms with Crippen molar-refractivity contribution < 1.29 is 0 Å². The highest BCUT2D eigenvalue weighted by Gasteiger charge is 2.05. The number of imidazole rings is 1. The van der Waals surface area contributed by atoms with E-state index in [1.165, 1.54) is 0 Å². The van der Waals surface area contributed by atoms with E-state index >= 15 is 0 Å². The van der Waals surface area contributed by atoms with Gasteiger partial charge in [-0.1, -0.05) is 23.2 Å². The summed E-state index contributed by atoms with van der Waals surface area (Å²) < 4.78 is 0. The van der Waals surface area contributed by atoms with Crippen LogP contribution in [0.4, 0.5) is 0 Å². The average Bonchev–Trinajstić information content (AvgIpc) is 2.72. The Labute approximate surface area is 107 Å². The molecule has 0 radical (unpaired) electrons. The Morgan fingerprint density at radius 1 is 1.06 bits per heavy atom. The van der Waals surface area contributed by atoms with Gasteiger partial charge in [-0.15, -0.1) is 0 Å². The molecule has 3 nitrogen and oxygen atoms in total. The van der Waals surface area contributed by atoms with E-state index in [9.17, 15) is 0 Å². The van der Waals surface area contributed by atoms with E-state index < -0.39 is 0 Å². The monoisotopic (exact) mass is 263 g/mol. The van der Waals surface area contributed by atoms with Crippen molar-refractivity contribution in [1.82, 2.24) is 15.0 Å². The molecule has 0 saturated heterocycles. The summed E-state index contributed by atoms with van der Waals surface area (Å²) in [6, 6.07) is 9.23. The van der Waals surface area contributed by atoms with E-state index in [0.29, 0.717) is 10.2 Å². The predicted molar refractivity (Wildman–Crippen MR) is 69.3 cm³/mol. The molecule has 0 atom stereocenters. The molecule has 0 saturated carbocycles. The van der Waals surface area contributed by atoms with Crippen LogP contribution in [0.3, 0.4) is 0 Å². The molecule has 17 heavy (non-hydrogen) atoms. The molecular weight excluding hydrogens is 257 g/mol. The first-order chi connectivity index (χ1) is 8.22. The van der Waals surface area contributed by atoms with Crippen molar-refractivity contribution in [3.05, 3.63) is 46.7 Å². The van der Waals surface area contributed by atoms with Gasteiger partial charge in [-0.2, -0.15) is 0 Å². The fraction of sp³-hybridized carbons (Fsp3) is 0. The number of aromatic amines is 1. The Morgan fingerprint density at radius 3 is 2.59 bits per heavy atom. The molecule has 0 spiro atoms. The van der Waals surface area contributed by atoms with Crippen molar-refractivity contribution in [3.63, 3.8) is 0 Å². The third-order valence-corrected chi connectivity index (χ3v) is 2.91. The second-order valence-electron chi connectivity index (χ2n) is 3.62. The molecule has 1 aromatic carbocycles. The molecule has 5 heteroatoms. The maximum absolute atomic E-state index is 5.84. The molecule has 0 fully saturated rings. The molecule has 0 aliphatic carbocycles. The van der Waals surface area contributed by atoms with Crippen LogP contribution in [0.1, 0.15) is 0 Å². The molecule has 1 N–H and O–H groups in total. The molecular formula is C12H7Cl2N3. The third-order valence-electron chi connectivity index (χ3n) is 2.45. The summed E-state index contributed by atoms with van der Waals surface area (Å²) >= 11 is 11.7. The van der Waals surface area contributed by atoms with Crippen LogP contribution in [0.25, 0.3) is 22.4 Å². The van der Waals surface area contributed by atoms with Crippen molar-refractivity contribution in [2.75, 3.05) is 0 Å². The number of benzene rings is 1. The van der Waals surface area contributed by atoms with Crippen molar-refractivity contribution in [2.45, 2.75) is 0 Å². The Morgan fingerprint density at radius 2 is 1.82 bits per heavy atom. The van der Waals surface area contributed by atoms with Crippen molar-refractivity contribution in [1.29, 1.82) is 0 Å². The minimum atomic E-state index is 0.448. The molecule has 2 aromatic heterocycles. The summed E-state index contributed by atoms with van der Waals surface area (Å²) in [4.78, 5) is 11.6. The molecule has 0 unspecified atom stereocenters. The number of nitrogens with one attached hydrogen (secondary N) is 1.